The Kier molecular flexibility index (Phi) is 4.95. The van der Waals surface area contributed by atoms with Crippen LogP contribution in [0.25, 0.3) is 0 Å². The Morgan fingerprint density at radius 1 is 1.44 bits per heavy atom. The molecule has 0 unspecified atom stereocenters. The zero-order valence-corrected chi connectivity index (χ0v) is 11.3. The second-order valence-corrected chi connectivity index (χ2v) is 7.11. The number of sulfone groups is 1. The van der Waals surface area contributed by atoms with Gasteiger partial charge in [-0.05, 0) is 24.0 Å². The Morgan fingerprint density at radius 3 is 2.75 bits per heavy atom. The summed E-state index contributed by atoms with van der Waals surface area (Å²) in [5, 5.41) is 0.385. The molecule has 90 valence electrons. The Bertz CT molecular complexity index is 460. The lowest BCUT2D eigenvalue weighted by atomic mass is 10.3. The molecule has 1 aromatic rings. The molecule has 0 saturated heterocycles. The van der Waals surface area contributed by atoms with Crippen LogP contribution in [0.4, 0.5) is 5.69 Å². The van der Waals surface area contributed by atoms with Crippen LogP contribution in [-0.2, 0) is 9.84 Å². The van der Waals surface area contributed by atoms with E-state index in [4.69, 9.17) is 17.3 Å². The van der Waals surface area contributed by atoms with Crippen molar-refractivity contribution >= 4 is 38.9 Å². The van der Waals surface area contributed by atoms with Crippen LogP contribution < -0.4 is 5.73 Å². The molecule has 0 aliphatic heterocycles. The van der Waals surface area contributed by atoms with E-state index in [1.807, 2.05) is 6.92 Å². The average molecular weight is 280 g/mol. The molecule has 0 saturated carbocycles. The van der Waals surface area contributed by atoms with Gasteiger partial charge in [0.05, 0.1) is 16.3 Å². The van der Waals surface area contributed by atoms with Crippen molar-refractivity contribution in [3.63, 3.8) is 0 Å². The molecule has 1 rings (SSSR count). The second-order valence-electron chi connectivity index (χ2n) is 3.20. The normalized spacial score (nSPS) is 11.6. The molecule has 1 aromatic carbocycles. The van der Waals surface area contributed by atoms with Crippen molar-refractivity contribution in [1.29, 1.82) is 0 Å². The minimum Gasteiger partial charge on any atom is -0.398 e. The van der Waals surface area contributed by atoms with Crippen LogP contribution >= 0.6 is 23.4 Å². The fraction of sp³-hybridized carbons (Fsp3) is 0.400. The molecule has 0 radical (unpaired) electrons. The van der Waals surface area contributed by atoms with Gasteiger partial charge in [0.1, 0.15) is 0 Å². The Labute approximate surface area is 105 Å². The van der Waals surface area contributed by atoms with E-state index in [0.717, 1.165) is 5.75 Å². The van der Waals surface area contributed by atoms with Crippen LogP contribution in [0.5, 0.6) is 0 Å². The van der Waals surface area contributed by atoms with Crippen molar-refractivity contribution < 1.29 is 8.42 Å². The fourth-order valence-corrected chi connectivity index (χ4v) is 4.03. The van der Waals surface area contributed by atoms with E-state index < -0.39 is 9.84 Å². The largest absolute Gasteiger partial charge is 0.398 e. The molecule has 16 heavy (non-hydrogen) atoms. The van der Waals surface area contributed by atoms with Crippen molar-refractivity contribution in [3.05, 3.63) is 23.2 Å². The van der Waals surface area contributed by atoms with Gasteiger partial charge in [0.2, 0.25) is 0 Å². The zero-order chi connectivity index (χ0) is 12.2. The molecule has 3 nitrogen and oxygen atoms in total. The summed E-state index contributed by atoms with van der Waals surface area (Å²) in [5.41, 5.74) is 5.89. The number of anilines is 1. The lowest BCUT2D eigenvalue weighted by Gasteiger charge is -2.07. The summed E-state index contributed by atoms with van der Waals surface area (Å²) in [6.45, 7) is 1.99. The van der Waals surface area contributed by atoms with Crippen molar-refractivity contribution in [2.24, 2.45) is 0 Å². The Balaban J connectivity index is 2.93. The van der Waals surface area contributed by atoms with E-state index in [9.17, 15) is 8.42 Å². The zero-order valence-electron chi connectivity index (χ0n) is 8.94. The van der Waals surface area contributed by atoms with E-state index in [1.54, 1.807) is 17.8 Å². The molecule has 0 atom stereocenters. The molecule has 6 heteroatoms. The molecule has 0 aliphatic carbocycles. The molecule has 0 heterocycles. The van der Waals surface area contributed by atoms with E-state index in [1.165, 1.54) is 12.1 Å². The molecule has 0 bridgehead atoms. The predicted molar refractivity (Wildman–Crippen MR) is 70.9 cm³/mol. The standard InChI is InChI=1S/C10H14ClNO2S2/c1-2-15-5-6-16(13,14)10-7-8(11)3-4-9(10)12/h3-4,7H,2,5-6,12H2,1H3. The minimum atomic E-state index is -3.32. The number of rotatable bonds is 5. The molecular weight excluding hydrogens is 266 g/mol. The highest BCUT2D eigenvalue weighted by Gasteiger charge is 2.17. The highest BCUT2D eigenvalue weighted by Crippen LogP contribution is 2.24. The highest BCUT2D eigenvalue weighted by molar-refractivity contribution is 8.00. The van der Waals surface area contributed by atoms with Gasteiger partial charge in [0.25, 0.3) is 0 Å². The SMILES string of the molecule is CCSCCS(=O)(=O)c1cc(Cl)ccc1N. The third-order valence-electron chi connectivity index (χ3n) is 2.01. The van der Waals surface area contributed by atoms with E-state index in [0.29, 0.717) is 10.8 Å². The van der Waals surface area contributed by atoms with Gasteiger partial charge in [0.15, 0.2) is 9.84 Å². The fourth-order valence-electron chi connectivity index (χ4n) is 1.20. The van der Waals surface area contributed by atoms with Crippen LogP contribution in [0, 0.1) is 0 Å². The van der Waals surface area contributed by atoms with Gasteiger partial charge < -0.3 is 5.73 Å². The van der Waals surface area contributed by atoms with Crippen LogP contribution in [0.2, 0.25) is 5.02 Å². The topological polar surface area (TPSA) is 60.2 Å². The summed E-state index contributed by atoms with van der Waals surface area (Å²) in [5.74, 6) is 1.57. The Morgan fingerprint density at radius 2 is 2.12 bits per heavy atom. The van der Waals surface area contributed by atoms with Crippen LogP contribution in [0.15, 0.2) is 23.1 Å². The number of hydrogen-bond acceptors (Lipinski definition) is 4. The van der Waals surface area contributed by atoms with E-state index >= 15 is 0 Å². The molecule has 0 aliphatic rings. The molecule has 0 amide bonds. The number of nitrogens with two attached hydrogens (primary N) is 1. The van der Waals surface area contributed by atoms with Crippen molar-refractivity contribution in [2.75, 3.05) is 23.0 Å². The quantitative estimate of drug-likeness (QED) is 0.664. The van der Waals surface area contributed by atoms with Crippen molar-refractivity contribution in [1.82, 2.24) is 0 Å². The first-order valence-corrected chi connectivity index (χ1v) is 8.01. The number of thioether (sulfide) groups is 1. The predicted octanol–water partition coefficient (Wildman–Crippen LogP) is 2.45. The van der Waals surface area contributed by atoms with Gasteiger partial charge >= 0.3 is 0 Å². The first kappa shape index (κ1) is 13.7. The highest BCUT2D eigenvalue weighted by atomic mass is 35.5. The van der Waals surface area contributed by atoms with Crippen molar-refractivity contribution in [3.8, 4) is 0 Å². The summed E-state index contributed by atoms with van der Waals surface area (Å²) in [7, 11) is -3.32. The lowest BCUT2D eigenvalue weighted by molar-refractivity contribution is 0.598. The van der Waals surface area contributed by atoms with Gasteiger partial charge in [0, 0.05) is 10.8 Å². The molecule has 2 N–H and O–H groups in total. The van der Waals surface area contributed by atoms with E-state index in [2.05, 4.69) is 0 Å². The summed E-state index contributed by atoms with van der Waals surface area (Å²) in [6, 6.07) is 4.50. The minimum absolute atomic E-state index is 0.0933. The Hall–Kier alpha value is -0.390. The summed E-state index contributed by atoms with van der Waals surface area (Å²) < 4.78 is 23.9. The average Bonchev–Trinajstić information content (AvgIpc) is 2.22. The van der Waals surface area contributed by atoms with Gasteiger partial charge in [-0.15, -0.1) is 0 Å². The number of halogens is 1. The van der Waals surface area contributed by atoms with Crippen LogP contribution in [-0.4, -0.2) is 25.7 Å². The first-order valence-electron chi connectivity index (χ1n) is 4.83. The maximum absolute atomic E-state index is 11.9. The summed E-state index contributed by atoms with van der Waals surface area (Å²) in [4.78, 5) is 0.136. The molecular formula is C10H14ClNO2S2. The van der Waals surface area contributed by atoms with Crippen LogP contribution in [0.3, 0.4) is 0 Å². The lowest BCUT2D eigenvalue weighted by Crippen LogP contribution is -2.11. The molecule has 0 aromatic heterocycles. The number of hydrogen-bond donors (Lipinski definition) is 1. The monoisotopic (exact) mass is 279 g/mol. The van der Waals surface area contributed by atoms with E-state index in [-0.39, 0.29) is 16.3 Å². The molecule has 0 fully saturated rings. The number of benzene rings is 1. The molecule has 0 spiro atoms. The maximum atomic E-state index is 11.9. The van der Waals surface area contributed by atoms with Crippen LogP contribution in [0.1, 0.15) is 6.92 Å². The maximum Gasteiger partial charge on any atom is 0.181 e. The third kappa shape index (κ3) is 3.57. The van der Waals surface area contributed by atoms with Gasteiger partial charge in [-0.3, -0.25) is 0 Å². The third-order valence-corrected chi connectivity index (χ3v) is 5.17. The summed E-state index contributed by atoms with van der Waals surface area (Å²) in [6.07, 6.45) is 0. The number of nitrogen functional groups attached to an aromatic ring is 1. The first-order chi connectivity index (χ1) is 7.47. The smallest absolute Gasteiger partial charge is 0.181 e. The second kappa shape index (κ2) is 5.80. The van der Waals surface area contributed by atoms with Gasteiger partial charge in [-0.2, -0.15) is 11.8 Å². The van der Waals surface area contributed by atoms with Crippen molar-refractivity contribution in [2.45, 2.75) is 11.8 Å². The summed E-state index contributed by atoms with van der Waals surface area (Å²) >= 11 is 7.35. The van der Waals surface area contributed by atoms with Gasteiger partial charge in [-0.25, -0.2) is 8.42 Å². The van der Waals surface area contributed by atoms with Gasteiger partial charge in [-0.1, -0.05) is 18.5 Å².